The standard InChI is InChI=1S/C15H21FO2/c1-3-18-12-8-11(10-17)15(2,9-12)13-6-4-5-7-14(13)16/h4-7,11-12,17H,3,8-10H2,1-2H3/t11-,12+,15+/m0/s1. The van der Waals surface area contributed by atoms with E-state index in [1.54, 1.807) is 6.07 Å². The van der Waals surface area contributed by atoms with Crippen LogP contribution < -0.4 is 0 Å². The smallest absolute Gasteiger partial charge is 0.126 e. The molecule has 1 aromatic carbocycles. The monoisotopic (exact) mass is 252 g/mol. The summed E-state index contributed by atoms with van der Waals surface area (Å²) in [5, 5.41) is 9.56. The Kier molecular flexibility index (Phi) is 4.03. The summed E-state index contributed by atoms with van der Waals surface area (Å²) in [4.78, 5) is 0. The highest BCUT2D eigenvalue weighted by molar-refractivity contribution is 5.29. The number of hydrogen-bond donors (Lipinski definition) is 1. The van der Waals surface area contributed by atoms with E-state index in [0.29, 0.717) is 12.2 Å². The molecule has 1 aliphatic rings. The largest absolute Gasteiger partial charge is 0.396 e. The van der Waals surface area contributed by atoms with E-state index in [-0.39, 0.29) is 29.9 Å². The van der Waals surface area contributed by atoms with Crippen LogP contribution in [-0.2, 0) is 10.2 Å². The van der Waals surface area contributed by atoms with E-state index < -0.39 is 0 Å². The quantitative estimate of drug-likeness (QED) is 0.893. The molecule has 100 valence electrons. The van der Waals surface area contributed by atoms with Crippen molar-refractivity contribution >= 4 is 0 Å². The second kappa shape index (κ2) is 5.37. The Morgan fingerprint density at radius 1 is 1.44 bits per heavy atom. The molecule has 0 bridgehead atoms. The Balaban J connectivity index is 2.31. The highest BCUT2D eigenvalue weighted by Crippen LogP contribution is 2.47. The Labute approximate surface area is 108 Å². The van der Waals surface area contributed by atoms with Crippen LogP contribution in [0, 0.1) is 11.7 Å². The number of ether oxygens (including phenoxy) is 1. The summed E-state index contributed by atoms with van der Waals surface area (Å²) < 4.78 is 19.6. The molecule has 3 heteroatoms. The summed E-state index contributed by atoms with van der Waals surface area (Å²) in [5.74, 6) is -0.124. The van der Waals surface area contributed by atoms with Gasteiger partial charge in [-0.3, -0.25) is 0 Å². The van der Waals surface area contributed by atoms with Crippen LogP contribution in [0.25, 0.3) is 0 Å². The second-order valence-corrected chi connectivity index (χ2v) is 5.29. The van der Waals surface area contributed by atoms with Crippen LogP contribution in [0.5, 0.6) is 0 Å². The third kappa shape index (κ3) is 2.29. The van der Waals surface area contributed by atoms with E-state index in [4.69, 9.17) is 4.74 Å². The Hall–Kier alpha value is -0.930. The molecule has 0 unspecified atom stereocenters. The summed E-state index contributed by atoms with van der Waals surface area (Å²) in [6.45, 7) is 4.74. The molecule has 0 aromatic heterocycles. The summed E-state index contributed by atoms with van der Waals surface area (Å²) in [6.07, 6.45) is 1.69. The fourth-order valence-corrected chi connectivity index (χ4v) is 3.19. The van der Waals surface area contributed by atoms with E-state index in [2.05, 4.69) is 0 Å². The first-order valence-electron chi connectivity index (χ1n) is 6.59. The number of halogens is 1. The van der Waals surface area contributed by atoms with Crippen LogP contribution in [-0.4, -0.2) is 24.4 Å². The number of aliphatic hydroxyl groups excluding tert-OH is 1. The van der Waals surface area contributed by atoms with E-state index in [9.17, 15) is 9.50 Å². The zero-order chi connectivity index (χ0) is 13.2. The molecule has 0 radical (unpaired) electrons. The minimum atomic E-state index is -0.333. The molecule has 2 nitrogen and oxygen atoms in total. The van der Waals surface area contributed by atoms with Gasteiger partial charge in [-0.05, 0) is 37.3 Å². The van der Waals surface area contributed by atoms with Crippen molar-refractivity contribution in [2.24, 2.45) is 5.92 Å². The molecular weight excluding hydrogens is 231 g/mol. The second-order valence-electron chi connectivity index (χ2n) is 5.29. The highest BCUT2D eigenvalue weighted by Gasteiger charge is 2.46. The summed E-state index contributed by atoms with van der Waals surface area (Å²) >= 11 is 0. The molecule has 0 spiro atoms. The Morgan fingerprint density at radius 3 is 2.78 bits per heavy atom. The topological polar surface area (TPSA) is 29.5 Å². The number of hydrogen-bond acceptors (Lipinski definition) is 2. The normalized spacial score (nSPS) is 31.8. The van der Waals surface area contributed by atoms with Crippen LogP contribution in [0.2, 0.25) is 0 Å². The minimum Gasteiger partial charge on any atom is -0.396 e. The molecular formula is C15H21FO2. The zero-order valence-corrected chi connectivity index (χ0v) is 11.0. The molecule has 1 fully saturated rings. The maximum atomic E-state index is 14.0. The van der Waals surface area contributed by atoms with Gasteiger partial charge in [0.2, 0.25) is 0 Å². The van der Waals surface area contributed by atoms with Gasteiger partial charge in [0.05, 0.1) is 6.10 Å². The van der Waals surface area contributed by atoms with Gasteiger partial charge < -0.3 is 9.84 Å². The third-order valence-electron chi connectivity index (χ3n) is 4.21. The predicted molar refractivity (Wildman–Crippen MR) is 69.0 cm³/mol. The van der Waals surface area contributed by atoms with Crippen molar-refractivity contribution in [3.8, 4) is 0 Å². The van der Waals surface area contributed by atoms with Gasteiger partial charge in [-0.15, -0.1) is 0 Å². The zero-order valence-electron chi connectivity index (χ0n) is 11.0. The first-order chi connectivity index (χ1) is 8.61. The SMILES string of the molecule is CCO[C@@H]1C[C@@H](CO)[C@](C)(c2ccccc2F)C1. The van der Waals surface area contributed by atoms with Crippen molar-refractivity contribution < 1.29 is 14.2 Å². The third-order valence-corrected chi connectivity index (χ3v) is 4.21. The first kappa shape index (κ1) is 13.5. The van der Waals surface area contributed by atoms with Crippen LogP contribution >= 0.6 is 0 Å². The summed E-state index contributed by atoms with van der Waals surface area (Å²) in [5.41, 5.74) is 0.367. The van der Waals surface area contributed by atoms with Gasteiger partial charge >= 0.3 is 0 Å². The number of benzene rings is 1. The molecule has 1 aliphatic carbocycles. The van der Waals surface area contributed by atoms with E-state index in [0.717, 1.165) is 12.8 Å². The molecule has 0 aliphatic heterocycles. The fraction of sp³-hybridized carbons (Fsp3) is 0.600. The van der Waals surface area contributed by atoms with Crippen LogP contribution in [0.15, 0.2) is 24.3 Å². The molecule has 2 rings (SSSR count). The maximum Gasteiger partial charge on any atom is 0.126 e. The van der Waals surface area contributed by atoms with Gasteiger partial charge in [0.1, 0.15) is 5.82 Å². The van der Waals surface area contributed by atoms with Crippen molar-refractivity contribution in [2.75, 3.05) is 13.2 Å². The lowest BCUT2D eigenvalue weighted by Gasteiger charge is -2.31. The van der Waals surface area contributed by atoms with E-state index in [1.165, 1.54) is 6.07 Å². The number of rotatable bonds is 4. The Morgan fingerprint density at radius 2 is 2.17 bits per heavy atom. The van der Waals surface area contributed by atoms with Crippen molar-refractivity contribution in [1.82, 2.24) is 0 Å². The molecule has 1 saturated carbocycles. The lowest BCUT2D eigenvalue weighted by atomic mass is 9.74. The molecule has 0 heterocycles. The van der Waals surface area contributed by atoms with Crippen molar-refractivity contribution in [3.05, 3.63) is 35.6 Å². The molecule has 1 N–H and O–H groups in total. The minimum absolute atomic E-state index is 0.0611. The van der Waals surface area contributed by atoms with Crippen molar-refractivity contribution in [2.45, 2.75) is 38.2 Å². The van der Waals surface area contributed by atoms with E-state index in [1.807, 2.05) is 26.0 Å². The van der Waals surface area contributed by atoms with Crippen LogP contribution in [0.4, 0.5) is 4.39 Å². The molecule has 0 saturated heterocycles. The summed E-state index contributed by atoms with van der Waals surface area (Å²) in [7, 11) is 0. The lowest BCUT2D eigenvalue weighted by Crippen LogP contribution is -2.30. The Bertz CT molecular complexity index is 407. The fourth-order valence-electron chi connectivity index (χ4n) is 3.19. The first-order valence-corrected chi connectivity index (χ1v) is 6.59. The van der Waals surface area contributed by atoms with Gasteiger partial charge in [-0.2, -0.15) is 0 Å². The van der Waals surface area contributed by atoms with Crippen LogP contribution in [0.1, 0.15) is 32.3 Å². The maximum absolute atomic E-state index is 14.0. The predicted octanol–water partition coefficient (Wildman–Crippen LogP) is 2.89. The van der Waals surface area contributed by atoms with E-state index >= 15 is 0 Å². The van der Waals surface area contributed by atoms with Gasteiger partial charge in [0.25, 0.3) is 0 Å². The van der Waals surface area contributed by atoms with Crippen molar-refractivity contribution in [3.63, 3.8) is 0 Å². The van der Waals surface area contributed by atoms with Gasteiger partial charge in [0.15, 0.2) is 0 Å². The van der Waals surface area contributed by atoms with Gasteiger partial charge in [-0.1, -0.05) is 25.1 Å². The lowest BCUT2D eigenvalue weighted by molar-refractivity contribution is 0.0614. The number of aliphatic hydroxyl groups is 1. The molecule has 0 amide bonds. The van der Waals surface area contributed by atoms with Crippen LogP contribution in [0.3, 0.4) is 0 Å². The van der Waals surface area contributed by atoms with Crippen molar-refractivity contribution in [1.29, 1.82) is 0 Å². The average molecular weight is 252 g/mol. The van der Waals surface area contributed by atoms with Gasteiger partial charge in [0, 0.05) is 18.6 Å². The molecule has 1 aromatic rings. The molecule has 18 heavy (non-hydrogen) atoms. The highest BCUT2D eigenvalue weighted by atomic mass is 19.1. The molecule has 3 atom stereocenters. The average Bonchev–Trinajstić information content (AvgIpc) is 2.67. The summed E-state index contributed by atoms with van der Waals surface area (Å²) in [6, 6.07) is 6.87. The van der Waals surface area contributed by atoms with Gasteiger partial charge in [-0.25, -0.2) is 4.39 Å².